The van der Waals surface area contributed by atoms with Gasteiger partial charge in [0.25, 0.3) is 0 Å². The molecule has 0 aliphatic heterocycles. The summed E-state index contributed by atoms with van der Waals surface area (Å²) in [5.74, 6) is -0.292. The number of nitrogens with one attached hydrogen (secondary N) is 1. The van der Waals surface area contributed by atoms with Gasteiger partial charge in [0.15, 0.2) is 0 Å². The van der Waals surface area contributed by atoms with Crippen molar-refractivity contribution in [3.8, 4) is 0 Å². The van der Waals surface area contributed by atoms with Crippen molar-refractivity contribution in [2.75, 3.05) is 7.05 Å². The van der Waals surface area contributed by atoms with Gasteiger partial charge in [-0.2, -0.15) is 0 Å². The number of rotatable bonds is 3. The molecular weight excluding hydrogens is 251 g/mol. The van der Waals surface area contributed by atoms with Gasteiger partial charge in [-0.3, -0.25) is 4.98 Å². The molecule has 1 aromatic heterocycles. The van der Waals surface area contributed by atoms with E-state index < -0.39 is 0 Å². The fourth-order valence-electron chi connectivity index (χ4n) is 2.46. The summed E-state index contributed by atoms with van der Waals surface area (Å²) >= 11 is 0. The van der Waals surface area contributed by atoms with E-state index in [1.165, 1.54) is 11.5 Å². The van der Waals surface area contributed by atoms with Crippen molar-refractivity contribution < 1.29 is 4.39 Å². The van der Waals surface area contributed by atoms with E-state index in [9.17, 15) is 4.39 Å². The minimum atomic E-state index is -0.292. The summed E-state index contributed by atoms with van der Waals surface area (Å²) < 4.78 is 13.9. The number of pyridine rings is 1. The first kappa shape index (κ1) is 12.8. The number of nitrogens with zero attached hydrogens (tertiary/aromatic N) is 1. The molecule has 0 radical (unpaired) electrons. The predicted octanol–water partition coefficient (Wildman–Crippen LogP) is 3.68. The molecule has 0 fully saturated rings. The minimum absolute atomic E-state index is 0.249. The van der Waals surface area contributed by atoms with Crippen molar-refractivity contribution in [3.63, 3.8) is 0 Å². The Morgan fingerprint density at radius 3 is 2.55 bits per heavy atom. The molecule has 3 aromatic rings. The van der Waals surface area contributed by atoms with Gasteiger partial charge in [-0.05, 0) is 41.6 Å². The largest absolute Gasteiger partial charge is 0.308 e. The Hall–Kier alpha value is -2.26. The zero-order chi connectivity index (χ0) is 13.9. The van der Waals surface area contributed by atoms with Crippen molar-refractivity contribution in [1.82, 2.24) is 10.3 Å². The third-order valence-electron chi connectivity index (χ3n) is 3.46. The normalized spacial score (nSPS) is 12.5. The van der Waals surface area contributed by atoms with Gasteiger partial charge in [0.2, 0.25) is 0 Å². The molecule has 20 heavy (non-hydrogen) atoms. The SMILES string of the molecule is CNC(c1ccc2ccccc2c1)c1ncccc1F. The smallest absolute Gasteiger partial charge is 0.146 e. The molecule has 0 aliphatic rings. The molecule has 1 unspecified atom stereocenters. The molecule has 3 heteroatoms. The van der Waals surface area contributed by atoms with Crippen LogP contribution in [-0.2, 0) is 0 Å². The fourth-order valence-corrected chi connectivity index (χ4v) is 2.46. The molecule has 1 N–H and O–H groups in total. The van der Waals surface area contributed by atoms with Crippen molar-refractivity contribution in [3.05, 3.63) is 77.9 Å². The second-order valence-electron chi connectivity index (χ2n) is 4.70. The highest BCUT2D eigenvalue weighted by atomic mass is 19.1. The van der Waals surface area contributed by atoms with Crippen molar-refractivity contribution in [2.24, 2.45) is 0 Å². The number of aromatic nitrogens is 1. The number of halogens is 1. The van der Waals surface area contributed by atoms with E-state index in [0.717, 1.165) is 10.9 Å². The van der Waals surface area contributed by atoms with Gasteiger partial charge < -0.3 is 5.32 Å². The summed E-state index contributed by atoms with van der Waals surface area (Å²) in [5, 5.41) is 5.45. The van der Waals surface area contributed by atoms with Crippen molar-refractivity contribution in [1.29, 1.82) is 0 Å². The van der Waals surface area contributed by atoms with E-state index in [-0.39, 0.29) is 11.9 Å². The fraction of sp³-hybridized carbons (Fsp3) is 0.118. The minimum Gasteiger partial charge on any atom is -0.308 e. The molecule has 2 aromatic carbocycles. The monoisotopic (exact) mass is 266 g/mol. The average molecular weight is 266 g/mol. The molecule has 0 saturated carbocycles. The summed E-state index contributed by atoms with van der Waals surface area (Å²) in [6.45, 7) is 0. The Morgan fingerprint density at radius 2 is 1.80 bits per heavy atom. The second-order valence-corrected chi connectivity index (χ2v) is 4.70. The molecule has 0 aliphatic carbocycles. The first-order chi connectivity index (χ1) is 9.79. The third-order valence-corrected chi connectivity index (χ3v) is 3.46. The summed E-state index contributed by atoms with van der Waals surface area (Å²) in [5.41, 5.74) is 1.43. The maximum absolute atomic E-state index is 13.9. The zero-order valence-corrected chi connectivity index (χ0v) is 11.2. The molecular formula is C17H15FN2. The maximum atomic E-state index is 13.9. The van der Waals surface area contributed by atoms with Gasteiger partial charge in [0, 0.05) is 6.20 Å². The van der Waals surface area contributed by atoms with E-state index in [1.807, 2.05) is 25.2 Å². The topological polar surface area (TPSA) is 24.9 Å². The Morgan fingerprint density at radius 1 is 1.00 bits per heavy atom. The standard InChI is InChI=1S/C17H15FN2/c1-19-16(17-15(18)7-4-10-20-17)14-9-8-12-5-2-3-6-13(12)11-14/h2-11,16,19H,1H3. The second kappa shape index (κ2) is 5.39. The van der Waals surface area contributed by atoms with Crippen molar-refractivity contribution >= 4 is 10.8 Å². The molecule has 0 saturated heterocycles. The van der Waals surface area contributed by atoms with Crippen LogP contribution < -0.4 is 5.32 Å². The lowest BCUT2D eigenvalue weighted by molar-refractivity contribution is 0.560. The molecule has 1 atom stereocenters. The van der Waals surface area contributed by atoms with Gasteiger partial charge in [-0.15, -0.1) is 0 Å². The molecule has 3 rings (SSSR count). The predicted molar refractivity (Wildman–Crippen MR) is 79.0 cm³/mol. The highest BCUT2D eigenvalue weighted by Crippen LogP contribution is 2.25. The van der Waals surface area contributed by atoms with Crippen LogP contribution in [0.2, 0.25) is 0 Å². The lowest BCUT2D eigenvalue weighted by Crippen LogP contribution is -2.20. The Labute approximate surface area is 117 Å². The molecule has 1 heterocycles. The van der Waals surface area contributed by atoms with Crippen LogP contribution >= 0.6 is 0 Å². The van der Waals surface area contributed by atoms with Crippen LogP contribution in [0.4, 0.5) is 4.39 Å². The van der Waals surface area contributed by atoms with Crippen molar-refractivity contribution in [2.45, 2.75) is 6.04 Å². The number of benzene rings is 2. The van der Waals surface area contributed by atoms with Crippen LogP contribution in [0.5, 0.6) is 0 Å². The van der Waals surface area contributed by atoms with E-state index in [1.54, 1.807) is 12.3 Å². The molecule has 0 amide bonds. The Balaban J connectivity index is 2.10. The first-order valence-electron chi connectivity index (χ1n) is 6.56. The van der Waals surface area contributed by atoms with Crippen LogP contribution in [0, 0.1) is 5.82 Å². The van der Waals surface area contributed by atoms with E-state index in [4.69, 9.17) is 0 Å². The van der Waals surface area contributed by atoms with Crippen LogP contribution in [0.15, 0.2) is 60.8 Å². The summed E-state index contributed by atoms with van der Waals surface area (Å²) in [6, 6.07) is 17.1. The Bertz CT molecular complexity index is 740. The number of hydrogen-bond acceptors (Lipinski definition) is 2. The number of hydrogen-bond donors (Lipinski definition) is 1. The van der Waals surface area contributed by atoms with E-state index in [0.29, 0.717) is 5.69 Å². The lowest BCUT2D eigenvalue weighted by atomic mass is 9.99. The van der Waals surface area contributed by atoms with Gasteiger partial charge in [0.1, 0.15) is 5.82 Å². The van der Waals surface area contributed by atoms with Crippen LogP contribution in [-0.4, -0.2) is 12.0 Å². The highest BCUT2D eigenvalue weighted by molar-refractivity contribution is 5.83. The summed E-state index contributed by atoms with van der Waals surface area (Å²) in [6.07, 6.45) is 1.61. The summed E-state index contributed by atoms with van der Waals surface area (Å²) in [7, 11) is 1.81. The van der Waals surface area contributed by atoms with E-state index >= 15 is 0 Å². The molecule has 0 bridgehead atoms. The Kier molecular flexibility index (Phi) is 3.44. The maximum Gasteiger partial charge on any atom is 0.146 e. The first-order valence-corrected chi connectivity index (χ1v) is 6.56. The molecule has 2 nitrogen and oxygen atoms in total. The number of fused-ring (bicyclic) bond motifs is 1. The quantitative estimate of drug-likeness (QED) is 0.782. The lowest BCUT2D eigenvalue weighted by Gasteiger charge is -2.17. The molecule has 100 valence electrons. The average Bonchev–Trinajstić information content (AvgIpc) is 2.50. The van der Waals surface area contributed by atoms with E-state index in [2.05, 4.69) is 34.6 Å². The van der Waals surface area contributed by atoms with Crippen LogP contribution in [0.25, 0.3) is 10.8 Å². The highest BCUT2D eigenvalue weighted by Gasteiger charge is 2.17. The van der Waals surface area contributed by atoms with Gasteiger partial charge >= 0.3 is 0 Å². The van der Waals surface area contributed by atoms with Gasteiger partial charge in [0.05, 0.1) is 11.7 Å². The summed E-state index contributed by atoms with van der Waals surface area (Å²) in [4.78, 5) is 4.17. The zero-order valence-electron chi connectivity index (χ0n) is 11.2. The van der Waals surface area contributed by atoms with Crippen LogP contribution in [0.3, 0.4) is 0 Å². The van der Waals surface area contributed by atoms with Crippen LogP contribution in [0.1, 0.15) is 17.3 Å². The molecule has 0 spiro atoms. The van der Waals surface area contributed by atoms with Gasteiger partial charge in [-0.1, -0.05) is 36.4 Å². The van der Waals surface area contributed by atoms with Gasteiger partial charge in [-0.25, -0.2) is 4.39 Å². The third kappa shape index (κ3) is 2.28.